The summed E-state index contributed by atoms with van der Waals surface area (Å²) in [4.78, 5) is 26.7. The first-order valence-electron chi connectivity index (χ1n) is 11.5. The highest BCUT2D eigenvalue weighted by Gasteiger charge is 2.67. The number of benzene rings is 1. The summed E-state index contributed by atoms with van der Waals surface area (Å²) in [6, 6.07) is 9.11. The zero-order chi connectivity index (χ0) is 21.7. The topological polar surface area (TPSA) is 58.6 Å². The minimum absolute atomic E-state index is 0.0465. The fraction of sp³-hybridized carbons (Fsp3) is 0.680. The van der Waals surface area contributed by atoms with Crippen LogP contribution in [0.1, 0.15) is 70.9 Å². The lowest BCUT2D eigenvalue weighted by Gasteiger charge is -2.37. The molecule has 0 unspecified atom stereocenters. The molecule has 1 aromatic rings. The van der Waals surface area contributed by atoms with Crippen LogP contribution in [0.4, 0.5) is 4.79 Å². The second-order valence-electron chi connectivity index (χ2n) is 10.8. The van der Waals surface area contributed by atoms with Gasteiger partial charge in [0.25, 0.3) is 0 Å². The van der Waals surface area contributed by atoms with Gasteiger partial charge in [0.2, 0.25) is 5.91 Å². The van der Waals surface area contributed by atoms with Crippen LogP contribution in [0, 0.1) is 17.3 Å². The number of likely N-dealkylation sites (tertiary alicyclic amines) is 1. The molecule has 0 radical (unpaired) electrons. The standard InChI is InChI=1S/C25H36N2O3/c1-6-10-30-23(29)26-19-12-17(13-19)22(28)27-14-20-21(25(20,5)15-27)16-8-7-9-18(11-16)24(2,3)4/h7-9,11,17,19-21H,6,10,12-15H2,1-5H3,(H,26,29)/t17-,19+,20-,21-,25-/m0/s1. The number of carbonyl (C=O) groups is 2. The van der Waals surface area contributed by atoms with E-state index >= 15 is 0 Å². The Balaban J connectivity index is 1.29. The molecule has 1 heterocycles. The maximum Gasteiger partial charge on any atom is 0.407 e. The average molecular weight is 413 g/mol. The van der Waals surface area contributed by atoms with Crippen molar-refractivity contribution in [1.82, 2.24) is 10.2 Å². The maximum atomic E-state index is 13.0. The molecule has 2 amide bonds. The molecule has 164 valence electrons. The van der Waals surface area contributed by atoms with Crippen LogP contribution in [0.25, 0.3) is 0 Å². The van der Waals surface area contributed by atoms with Crippen molar-refractivity contribution in [3.05, 3.63) is 35.4 Å². The Labute approximate surface area is 180 Å². The van der Waals surface area contributed by atoms with Crippen molar-refractivity contribution >= 4 is 12.0 Å². The number of amides is 2. The van der Waals surface area contributed by atoms with Crippen molar-refractivity contribution in [2.75, 3.05) is 19.7 Å². The van der Waals surface area contributed by atoms with Gasteiger partial charge in [0.15, 0.2) is 0 Å². The van der Waals surface area contributed by atoms with Gasteiger partial charge >= 0.3 is 6.09 Å². The Morgan fingerprint density at radius 2 is 2.00 bits per heavy atom. The van der Waals surface area contributed by atoms with Crippen molar-refractivity contribution in [3.63, 3.8) is 0 Å². The second kappa shape index (κ2) is 7.58. The molecule has 4 rings (SSSR count). The summed E-state index contributed by atoms with van der Waals surface area (Å²) in [5.41, 5.74) is 3.17. The minimum atomic E-state index is -0.358. The van der Waals surface area contributed by atoms with Crippen LogP contribution in [0.15, 0.2) is 24.3 Å². The third kappa shape index (κ3) is 3.83. The van der Waals surface area contributed by atoms with E-state index in [1.807, 2.05) is 6.92 Å². The molecule has 30 heavy (non-hydrogen) atoms. The number of carbonyl (C=O) groups excluding carboxylic acids is 2. The zero-order valence-electron chi connectivity index (χ0n) is 19.0. The van der Waals surface area contributed by atoms with Crippen LogP contribution in [0.5, 0.6) is 0 Å². The molecule has 1 N–H and O–H groups in total. The quantitative estimate of drug-likeness (QED) is 0.777. The highest BCUT2D eigenvalue weighted by atomic mass is 16.5. The maximum absolute atomic E-state index is 13.0. The minimum Gasteiger partial charge on any atom is -0.450 e. The van der Waals surface area contributed by atoms with Crippen LogP contribution in [-0.2, 0) is 14.9 Å². The Kier molecular flexibility index (Phi) is 5.36. The lowest BCUT2D eigenvalue weighted by molar-refractivity contribution is -0.138. The number of alkyl carbamates (subject to hydrolysis) is 1. The molecule has 5 heteroatoms. The molecule has 0 bridgehead atoms. The van der Waals surface area contributed by atoms with Gasteiger partial charge in [-0.2, -0.15) is 0 Å². The first-order valence-corrected chi connectivity index (χ1v) is 11.5. The van der Waals surface area contributed by atoms with E-state index in [9.17, 15) is 9.59 Å². The zero-order valence-corrected chi connectivity index (χ0v) is 19.0. The molecule has 3 aliphatic rings. The molecule has 0 aromatic heterocycles. The van der Waals surface area contributed by atoms with E-state index in [0.29, 0.717) is 18.4 Å². The largest absolute Gasteiger partial charge is 0.450 e. The molecule has 0 spiro atoms. The fourth-order valence-electron chi connectivity index (χ4n) is 5.48. The van der Waals surface area contributed by atoms with Crippen LogP contribution in [-0.4, -0.2) is 42.6 Å². The Bertz CT molecular complexity index is 824. The highest BCUT2D eigenvalue weighted by Crippen LogP contribution is 2.68. The molecule has 3 fully saturated rings. The van der Waals surface area contributed by atoms with Gasteiger partial charge in [-0.1, -0.05) is 58.9 Å². The van der Waals surface area contributed by atoms with Gasteiger partial charge in [-0.3, -0.25) is 4.79 Å². The van der Waals surface area contributed by atoms with E-state index in [2.05, 4.69) is 62.2 Å². The molecule has 1 aromatic carbocycles. The first-order chi connectivity index (χ1) is 14.1. The number of fused-ring (bicyclic) bond motifs is 1. The second-order valence-corrected chi connectivity index (χ2v) is 10.8. The molecule has 1 saturated heterocycles. The SMILES string of the molecule is CCCOC(=O)N[C@H]1C[C@@H](C(=O)N2C[C@H]3[C@H](c4cccc(C(C)(C)C)c4)[C@@]3(C)C2)C1. The van der Waals surface area contributed by atoms with Crippen molar-refractivity contribution in [2.24, 2.45) is 17.3 Å². The van der Waals surface area contributed by atoms with Gasteiger partial charge in [0, 0.05) is 25.0 Å². The first kappa shape index (κ1) is 21.2. The monoisotopic (exact) mass is 412 g/mol. The summed E-state index contributed by atoms with van der Waals surface area (Å²) in [6.45, 7) is 13.2. The van der Waals surface area contributed by atoms with E-state index in [0.717, 1.165) is 32.4 Å². The molecule has 3 atom stereocenters. The van der Waals surface area contributed by atoms with E-state index in [-0.39, 0.29) is 34.8 Å². The summed E-state index contributed by atoms with van der Waals surface area (Å²) in [6.07, 6.45) is 1.92. The van der Waals surface area contributed by atoms with Gasteiger partial charge in [0.1, 0.15) is 0 Å². The molecule has 2 saturated carbocycles. The summed E-state index contributed by atoms with van der Waals surface area (Å²) >= 11 is 0. The molecule has 2 aliphatic carbocycles. The van der Waals surface area contributed by atoms with Crippen LogP contribution in [0.2, 0.25) is 0 Å². The van der Waals surface area contributed by atoms with Gasteiger partial charge < -0.3 is 15.0 Å². The summed E-state index contributed by atoms with van der Waals surface area (Å²) in [5.74, 6) is 1.44. The number of ether oxygens (including phenoxy) is 1. The number of hydrogen-bond donors (Lipinski definition) is 1. The molecule has 1 aliphatic heterocycles. The molecule has 5 nitrogen and oxygen atoms in total. The van der Waals surface area contributed by atoms with Crippen molar-refractivity contribution in [2.45, 2.75) is 71.3 Å². The Morgan fingerprint density at radius 3 is 2.60 bits per heavy atom. The number of piperidine rings is 1. The lowest BCUT2D eigenvalue weighted by atomic mass is 9.79. The average Bonchev–Trinajstić information content (AvgIpc) is 3.07. The number of nitrogens with one attached hydrogen (secondary N) is 1. The van der Waals surface area contributed by atoms with Crippen molar-refractivity contribution in [3.8, 4) is 0 Å². The molecular formula is C25H36N2O3. The molecular weight excluding hydrogens is 376 g/mol. The Morgan fingerprint density at radius 1 is 1.27 bits per heavy atom. The van der Waals surface area contributed by atoms with Gasteiger partial charge in [-0.25, -0.2) is 4.79 Å². The van der Waals surface area contributed by atoms with E-state index in [4.69, 9.17) is 4.74 Å². The number of hydrogen-bond acceptors (Lipinski definition) is 3. The van der Waals surface area contributed by atoms with Crippen LogP contribution in [0.3, 0.4) is 0 Å². The lowest BCUT2D eigenvalue weighted by Crippen LogP contribution is -2.50. The highest BCUT2D eigenvalue weighted by molar-refractivity contribution is 5.81. The normalized spacial score (nSPS) is 32.2. The summed E-state index contributed by atoms with van der Waals surface area (Å²) < 4.78 is 5.06. The number of nitrogens with zero attached hydrogens (tertiary/aromatic N) is 1. The van der Waals surface area contributed by atoms with Gasteiger partial charge in [0.05, 0.1) is 6.61 Å². The van der Waals surface area contributed by atoms with E-state index < -0.39 is 0 Å². The predicted octanol–water partition coefficient (Wildman–Crippen LogP) is 4.46. The van der Waals surface area contributed by atoms with Crippen LogP contribution >= 0.6 is 0 Å². The number of rotatable bonds is 5. The smallest absolute Gasteiger partial charge is 0.407 e. The van der Waals surface area contributed by atoms with Crippen LogP contribution < -0.4 is 5.32 Å². The predicted molar refractivity (Wildman–Crippen MR) is 117 cm³/mol. The fourth-order valence-corrected chi connectivity index (χ4v) is 5.48. The third-order valence-electron chi connectivity index (χ3n) is 7.47. The van der Waals surface area contributed by atoms with Crippen molar-refractivity contribution < 1.29 is 14.3 Å². The van der Waals surface area contributed by atoms with E-state index in [1.165, 1.54) is 11.1 Å². The Hall–Kier alpha value is -2.04. The third-order valence-corrected chi connectivity index (χ3v) is 7.47. The van der Waals surface area contributed by atoms with Crippen molar-refractivity contribution in [1.29, 1.82) is 0 Å². The summed E-state index contributed by atoms with van der Waals surface area (Å²) in [5, 5.41) is 2.87. The summed E-state index contributed by atoms with van der Waals surface area (Å²) in [7, 11) is 0. The van der Waals surface area contributed by atoms with Gasteiger partial charge in [-0.05, 0) is 53.1 Å². The van der Waals surface area contributed by atoms with Gasteiger partial charge in [-0.15, -0.1) is 0 Å². The van der Waals surface area contributed by atoms with E-state index in [1.54, 1.807) is 0 Å².